The van der Waals surface area contributed by atoms with E-state index < -0.39 is 11.6 Å². The Labute approximate surface area is 104 Å². The molecule has 0 spiro atoms. The number of hydrogen-bond donors (Lipinski definition) is 1. The third kappa shape index (κ3) is 3.30. The van der Waals surface area contributed by atoms with Crippen LogP contribution in [0.2, 0.25) is 0 Å². The third-order valence-corrected chi connectivity index (χ3v) is 2.46. The van der Waals surface area contributed by atoms with E-state index in [1.807, 2.05) is 6.92 Å². The lowest BCUT2D eigenvalue weighted by atomic mass is 10.2. The summed E-state index contributed by atoms with van der Waals surface area (Å²) in [6.45, 7) is 2.56. The topological polar surface area (TPSA) is 37.8 Å². The Morgan fingerprint density at radius 2 is 1.94 bits per heavy atom. The molecule has 2 rings (SSSR count). The summed E-state index contributed by atoms with van der Waals surface area (Å²) in [7, 11) is 0. The SMILES string of the molecule is Cc1cnc(CNCc2cc(F)ccc2F)cn1. The molecular formula is C13H13F2N3. The smallest absolute Gasteiger partial charge is 0.127 e. The van der Waals surface area contributed by atoms with Gasteiger partial charge in [-0.15, -0.1) is 0 Å². The molecule has 94 valence electrons. The number of halogens is 2. The van der Waals surface area contributed by atoms with Crippen molar-refractivity contribution < 1.29 is 8.78 Å². The molecule has 0 amide bonds. The first-order valence-corrected chi connectivity index (χ1v) is 5.57. The first-order chi connectivity index (χ1) is 8.65. The van der Waals surface area contributed by atoms with Crippen molar-refractivity contribution in [2.24, 2.45) is 0 Å². The van der Waals surface area contributed by atoms with Crippen LogP contribution in [-0.4, -0.2) is 9.97 Å². The maximum absolute atomic E-state index is 13.3. The molecule has 0 aliphatic heterocycles. The molecule has 0 fully saturated rings. The Balaban J connectivity index is 1.92. The molecule has 1 aromatic heterocycles. The Bertz CT molecular complexity index is 526. The van der Waals surface area contributed by atoms with Crippen LogP contribution in [0, 0.1) is 18.6 Å². The van der Waals surface area contributed by atoms with E-state index in [0.717, 1.165) is 23.5 Å². The summed E-state index contributed by atoms with van der Waals surface area (Å²) in [5.41, 5.74) is 1.91. The summed E-state index contributed by atoms with van der Waals surface area (Å²) in [6.07, 6.45) is 3.32. The monoisotopic (exact) mass is 249 g/mol. The van der Waals surface area contributed by atoms with Crippen LogP contribution in [0.15, 0.2) is 30.6 Å². The van der Waals surface area contributed by atoms with Crippen LogP contribution in [0.4, 0.5) is 8.78 Å². The maximum Gasteiger partial charge on any atom is 0.127 e. The number of aromatic nitrogens is 2. The molecule has 1 heterocycles. The second-order valence-corrected chi connectivity index (χ2v) is 3.99. The van der Waals surface area contributed by atoms with Gasteiger partial charge in [-0.2, -0.15) is 0 Å². The highest BCUT2D eigenvalue weighted by molar-refractivity contribution is 5.18. The molecule has 0 bridgehead atoms. The van der Waals surface area contributed by atoms with Gasteiger partial charge in [-0.3, -0.25) is 9.97 Å². The predicted octanol–water partition coefficient (Wildman–Crippen LogP) is 2.35. The van der Waals surface area contributed by atoms with Crippen molar-refractivity contribution in [3.05, 3.63) is 59.2 Å². The van der Waals surface area contributed by atoms with Crippen molar-refractivity contribution in [3.8, 4) is 0 Å². The van der Waals surface area contributed by atoms with Gasteiger partial charge in [0.25, 0.3) is 0 Å². The molecule has 0 aliphatic carbocycles. The van der Waals surface area contributed by atoms with E-state index in [9.17, 15) is 8.78 Å². The van der Waals surface area contributed by atoms with E-state index in [4.69, 9.17) is 0 Å². The van der Waals surface area contributed by atoms with Crippen LogP contribution in [0.5, 0.6) is 0 Å². The molecule has 1 N–H and O–H groups in total. The first kappa shape index (κ1) is 12.6. The van der Waals surface area contributed by atoms with Crippen molar-refractivity contribution in [1.82, 2.24) is 15.3 Å². The van der Waals surface area contributed by atoms with Gasteiger partial charge < -0.3 is 5.32 Å². The number of rotatable bonds is 4. The van der Waals surface area contributed by atoms with Gasteiger partial charge in [0.05, 0.1) is 11.4 Å². The highest BCUT2D eigenvalue weighted by Gasteiger charge is 2.03. The van der Waals surface area contributed by atoms with Crippen molar-refractivity contribution in [2.75, 3.05) is 0 Å². The highest BCUT2D eigenvalue weighted by atomic mass is 19.1. The van der Waals surface area contributed by atoms with Gasteiger partial charge in [-0.1, -0.05) is 0 Å². The minimum Gasteiger partial charge on any atom is -0.307 e. The fourth-order valence-electron chi connectivity index (χ4n) is 1.51. The average molecular weight is 249 g/mol. The summed E-state index contributed by atoms with van der Waals surface area (Å²) >= 11 is 0. The normalized spacial score (nSPS) is 10.6. The van der Waals surface area contributed by atoms with Gasteiger partial charge in [-0.05, 0) is 25.1 Å². The highest BCUT2D eigenvalue weighted by Crippen LogP contribution is 2.09. The maximum atomic E-state index is 13.3. The van der Waals surface area contributed by atoms with Gasteiger partial charge in [0.2, 0.25) is 0 Å². The van der Waals surface area contributed by atoms with Gasteiger partial charge in [-0.25, -0.2) is 8.78 Å². The van der Waals surface area contributed by atoms with Gasteiger partial charge >= 0.3 is 0 Å². The molecule has 1 aromatic carbocycles. The molecule has 0 saturated heterocycles. The summed E-state index contributed by atoms with van der Waals surface area (Å²) in [4.78, 5) is 8.26. The molecular weight excluding hydrogens is 236 g/mol. The molecule has 18 heavy (non-hydrogen) atoms. The summed E-state index contributed by atoms with van der Waals surface area (Å²) in [5, 5.41) is 3.00. The van der Waals surface area contributed by atoms with E-state index in [-0.39, 0.29) is 6.54 Å². The zero-order valence-electron chi connectivity index (χ0n) is 9.95. The first-order valence-electron chi connectivity index (χ1n) is 5.57. The lowest BCUT2D eigenvalue weighted by Crippen LogP contribution is -2.15. The fourth-order valence-corrected chi connectivity index (χ4v) is 1.51. The Morgan fingerprint density at radius 1 is 1.11 bits per heavy atom. The summed E-state index contributed by atoms with van der Waals surface area (Å²) < 4.78 is 26.2. The van der Waals surface area contributed by atoms with Crippen LogP contribution in [-0.2, 0) is 13.1 Å². The Hall–Kier alpha value is -1.88. The standard InChI is InChI=1S/C13H13F2N3/c1-9-5-18-12(8-17-9)7-16-6-10-4-11(14)2-3-13(10)15/h2-5,8,16H,6-7H2,1H3. The van der Waals surface area contributed by atoms with Crippen LogP contribution < -0.4 is 5.32 Å². The average Bonchev–Trinajstić information content (AvgIpc) is 2.36. The van der Waals surface area contributed by atoms with Crippen LogP contribution >= 0.6 is 0 Å². The van der Waals surface area contributed by atoms with Crippen molar-refractivity contribution >= 4 is 0 Å². The quantitative estimate of drug-likeness (QED) is 0.903. The predicted molar refractivity (Wildman–Crippen MR) is 63.7 cm³/mol. The molecule has 0 saturated carbocycles. The van der Waals surface area contributed by atoms with Crippen LogP contribution in [0.3, 0.4) is 0 Å². The molecule has 3 nitrogen and oxygen atoms in total. The molecule has 0 unspecified atom stereocenters. The number of aryl methyl sites for hydroxylation is 1. The van der Waals surface area contributed by atoms with Crippen molar-refractivity contribution in [3.63, 3.8) is 0 Å². The zero-order valence-corrected chi connectivity index (χ0v) is 9.95. The second-order valence-electron chi connectivity index (χ2n) is 3.99. The summed E-state index contributed by atoms with van der Waals surface area (Å²) in [5.74, 6) is -0.859. The van der Waals surface area contributed by atoms with Gasteiger partial charge in [0.15, 0.2) is 0 Å². The Kier molecular flexibility index (Phi) is 3.94. The Morgan fingerprint density at radius 3 is 2.67 bits per heavy atom. The van der Waals surface area contributed by atoms with E-state index in [2.05, 4.69) is 15.3 Å². The van der Waals surface area contributed by atoms with E-state index in [1.54, 1.807) is 12.4 Å². The number of benzene rings is 1. The molecule has 2 aromatic rings. The molecule has 0 atom stereocenters. The molecule has 5 heteroatoms. The molecule has 0 radical (unpaired) electrons. The second kappa shape index (κ2) is 5.64. The lowest BCUT2D eigenvalue weighted by Gasteiger charge is -2.06. The number of hydrogen-bond acceptors (Lipinski definition) is 3. The lowest BCUT2D eigenvalue weighted by molar-refractivity contribution is 0.567. The zero-order chi connectivity index (χ0) is 13.0. The van der Waals surface area contributed by atoms with E-state index in [1.165, 1.54) is 6.07 Å². The van der Waals surface area contributed by atoms with Gasteiger partial charge in [0, 0.05) is 31.0 Å². The minimum atomic E-state index is -0.441. The van der Waals surface area contributed by atoms with Crippen molar-refractivity contribution in [2.45, 2.75) is 20.0 Å². The largest absolute Gasteiger partial charge is 0.307 e. The third-order valence-electron chi connectivity index (χ3n) is 2.46. The fraction of sp³-hybridized carbons (Fsp3) is 0.231. The number of nitrogens with zero attached hydrogens (tertiary/aromatic N) is 2. The summed E-state index contributed by atoms with van der Waals surface area (Å²) in [6, 6.07) is 3.41. The van der Waals surface area contributed by atoms with Crippen molar-refractivity contribution in [1.29, 1.82) is 0 Å². The number of nitrogens with one attached hydrogen (secondary N) is 1. The van der Waals surface area contributed by atoms with Crippen LogP contribution in [0.25, 0.3) is 0 Å². The van der Waals surface area contributed by atoms with E-state index >= 15 is 0 Å². The van der Waals surface area contributed by atoms with Crippen LogP contribution in [0.1, 0.15) is 17.0 Å². The minimum absolute atomic E-state index is 0.249. The van der Waals surface area contributed by atoms with E-state index in [0.29, 0.717) is 12.1 Å². The molecule has 0 aliphatic rings. The van der Waals surface area contributed by atoms with Gasteiger partial charge in [0.1, 0.15) is 11.6 Å².